The summed E-state index contributed by atoms with van der Waals surface area (Å²) in [7, 11) is 0. The van der Waals surface area contributed by atoms with E-state index >= 15 is 0 Å². The van der Waals surface area contributed by atoms with Crippen LogP contribution in [0.1, 0.15) is 18.1 Å². The lowest BCUT2D eigenvalue weighted by Gasteiger charge is -2.05. The van der Waals surface area contributed by atoms with Gasteiger partial charge in [-0.15, -0.1) is 0 Å². The Morgan fingerprint density at radius 2 is 1.93 bits per heavy atom. The number of nitro groups is 1. The topological polar surface area (TPSA) is 109 Å². The van der Waals surface area contributed by atoms with Crippen LogP contribution < -0.4 is 9.47 Å². The number of oxime groups is 1. The second-order valence-corrected chi connectivity index (χ2v) is 5.60. The lowest BCUT2D eigenvalue weighted by atomic mass is 10.1. The molecule has 0 fully saturated rings. The fraction of sp³-hybridized carbons (Fsp3) is 0.222. The molecule has 0 amide bonds. The van der Waals surface area contributed by atoms with Gasteiger partial charge in [0.2, 0.25) is 13.4 Å². The molecule has 27 heavy (non-hydrogen) atoms. The lowest BCUT2D eigenvalue weighted by Crippen LogP contribution is -2.11. The van der Waals surface area contributed by atoms with Crippen molar-refractivity contribution in [1.82, 2.24) is 0 Å². The predicted molar refractivity (Wildman–Crippen MR) is 93.6 cm³/mol. The zero-order valence-corrected chi connectivity index (χ0v) is 14.4. The van der Waals surface area contributed by atoms with E-state index in [1.54, 1.807) is 19.1 Å². The summed E-state index contributed by atoms with van der Waals surface area (Å²) in [6.07, 6.45) is 0. The molecule has 0 spiro atoms. The molecule has 1 heterocycles. The number of nitrogens with zero attached hydrogens (tertiary/aromatic N) is 2. The SMILES string of the molecule is C/C(=N\OCC(=O)OCc1ccc([N+](=O)[O-])cc1)c1ccc2c(c1)OCO2. The van der Waals surface area contributed by atoms with Crippen LogP contribution in [0.15, 0.2) is 47.6 Å². The molecular formula is C18H16N2O7. The van der Waals surface area contributed by atoms with E-state index in [4.69, 9.17) is 19.0 Å². The average molecular weight is 372 g/mol. The maximum Gasteiger partial charge on any atom is 0.347 e. The highest BCUT2D eigenvalue weighted by molar-refractivity contribution is 5.99. The van der Waals surface area contributed by atoms with E-state index in [0.29, 0.717) is 22.8 Å². The van der Waals surface area contributed by atoms with E-state index in [2.05, 4.69) is 5.16 Å². The number of benzene rings is 2. The standard InChI is InChI=1S/C18H16N2O7/c1-12(14-4-7-16-17(8-14)26-11-25-16)19-27-10-18(21)24-9-13-2-5-15(6-3-13)20(22)23/h2-8H,9-11H2,1H3/b19-12+. The van der Waals surface area contributed by atoms with Crippen molar-refractivity contribution in [2.24, 2.45) is 5.16 Å². The van der Waals surface area contributed by atoms with Crippen molar-refractivity contribution in [2.45, 2.75) is 13.5 Å². The van der Waals surface area contributed by atoms with Gasteiger partial charge in [-0.05, 0) is 42.8 Å². The number of nitro benzene ring substituents is 1. The Hall–Kier alpha value is -3.62. The Morgan fingerprint density at radius 3 is 2.67 bits per heavy atom. The van der Waals surface area contributed by atoms with E-state index < -0.39 is 10.9 Å². The Balaban J connectivity index is 1.46. The van der Waals surface area contributed by atoms with Gasteiger partial charge < -0.3 is 19.0 Å². The molecule has 0 aromatic heterocycles. The van der Waals surface area contributed by atoms with Crippen LogP contribution in [-0.2, 0) is 21.0 Å². The Kier molecular flexibility index (Phi) is 5.50. The number of hydrogen-bond acceptors (Lipinski definition) is 8. The Bertz CT molecular complexity index is 878. The van der Waals surface area contributed by atoms with Gasteiger partial charge in [0.1, 0.15) is 6.61 Å². The van der Waals surface area contributed by atoms with Crippen LogP contribution in [0.5, 0.6) is 11.5 Å². The first kappa shape index (κ1) is 18.2. The second-order valence-electron chi connectivity index (χ2n) is 5.60. The van der Waals surface area contributed by atoms with Crippen molar-refractivity contribution in [3.63, 3.8) is 0 Å². The normalized spacial score (nSPS) is 12.6. The first-order chi connectivity index (χ1) is 13.0. The lowest BCUT2D eigenvalue weighted by molar-refractivity contribution is -0.384. The summed E-state index contributed by atoms with van der Waals surface area (Å²) in [4.78, 5) is 26.8. The summed E-state index contributed by atoms with van der Waals surface area (Å²) in [5, 5.41) is 14.5. The molecule has 0 atom stereocenters. The number of non-ortho nitro benzene ring substituents is 1. The summed E-state index contributed by atoms with van der Waals surface area (Å²) < 4.78 is 15.6. The third-order valence-corrected chi connectivity index (χ3v) is 3.72. The summed E-state index contributed by atoms with van der Waals surface area (Å²) >= 11 is 0. The third-order valence-electron chi connectivity index (χ3n) is 3.72. The van der Waals surface area contributed by atoms with E-state index in [9.17, 15) is 14.9 Å². The van der Waals surface area contributed by atoms with Gasteiger partial charge in [0, 0.05) is 17.7 Å². The highest BCUT2D eigenvalue weighted by atomic mass is 16.7. The fourth-order valence-electron chi connectivity index (χ4n) is 2.28. The quantitative estimate of drug-likeness (QED) is 0.318. The van der Waals surface area contributed by atoms with E-state index in [0.717, 1.165) is 5.56 Å². The molecule has 1 aliphatic heterocycles. The molecule has 0 N–H and O–H groups in total. The Labute approximate surface area is 154 Å². The molecule has 0 saturated carbocycles. The molecule has 1 aliphatic rings. The summed E-state index contributed by atoms with van der Waals surface area (Å²) in [6.45, 7) is 1.56. The summed E-state index contributed by atoms with van der Waals surface area (Å²) in [6, 6.07) is 11.1. The zero-order valence-electron chi connectivity index (χ0n) is 14.4. The first-order valence-electron chi connectivity index (χ1n) is 7.98. The third kappa shape index (κ3) is 4.72. The van der Waals surface area contributed by atoms with Crippen LogP contribution in [0, 0.1) is 10.1 Å². The zero-order chi connectivity index (χ0) is 19.2. The molecule has 140 valence electrons. The van der Waals surface area contributed by atoms with Gasteiger partial charge in [-0.3, -0.25) is 10.1 Å². The van der Waals surface area contributed by atoms with Crippen molar-refractivity contribution in [3.8, 4) is 11.5 Å². The van der Waals surface area contributed by atoms with Gasteiger partial charge in [-0.1, -0.05) is 5.16 Å². The minimum absolute atomic E-state index is 0.00888. The monoisotopic (exact) mass is 372 g/mol. The van der Waals surface area contributed by atoms with Crippen LogP contribution in [0.2, 0.25) is 0 Å². The van der Waals surface area contributed by atoms with E-state index in [1.165, 1.54) is 24.3 Å². The largest absolute Gasteiger partial charge is 0.458 e. The molecule has 0 unspecified atom stereocenters. The van der Waals surface area contributed by atoms with Crippen molar-refractivity contribution >= 4 is 17.4 Å². The molecule has 3 rings (SSSR count). The van der Waals surface area contributed by atoms with Crippen molar-refractivity contribution in [3.05, 3.63) is 63.7 Å². The molecule has 0 aliphatic carbocycles. The molecule has 2 aromatic rings. The number of ether oxygens (including phenoxy) is 3. The minimum atomic E-state index is -0.601. The maximum atomic E-state index is 11.7. The number of rotatable bonds is 7. The van der Waals surface area contributed by atoms with Crippen LogP contribution in [0.25, 0.3) is 0 Å². The molecule has 0 saturated heterocycles. The van der Waals surface area contributed by atoms with Crippen molar-refractivity contribution in [1.29, 1.82) is 0 Å². The smallest absolute Gasteiger partial charge is 0.347 e. The Morgan fingerprint density at radius 1 is 1.19 bits per heavy atom. The van der Waals surface area contributed by atoms with Gasteiger partial charge in [0.05, 0.1) is 10.6 Å². The van der Waals surface area contributed by atoms with Crippen molar-refractivity contribution < 1.29 is 28.8 Å². The molecule has 0 bridgehead atoms. The molecule has 9 heteroatoms. The van der Waals surface area contributed by atoms with E-state index in [-0.39, 0.29) is 25.7 Å². The fourth-order valence-corrected chi connectivity index (χ4v) is 2.28. The van der Waals surface area contributed by atoms with Gasteiger partial charge >= 0.3 is 5.97 Å². The average Bonchev–Trinajstić information content (AvgIpc) is 3.14. The minimum Gasteiger partial charge on any atom is -0.458 e. The van der Waals surface area contributed by atoms with Crippen LogP contribution in [-0.4, -0.2) is 30.0 Å². The molecule has 2 aromatic carbocycles. The maximum absolute atomic E-state index is 11.7. The predicted octanol–water partition coefficient (Wildman–Crippen LogP) is 2.81. The second kappa shape index (κ2) is 8.17. The van der Waals surface area contributed by atoms with E-state index in [1.807, 2.05) is 6.07 Å². The van der Waals surface area contributed by atoms with Gasteiger partial charge in [0.25, 0.3) is 5.69 Å². The number of carbonyl (C=O) groups excluding carboxylic acids is 1. The number of esters is 1. The highest BCUT2D eigenvalue weighted by Crippen LogP contribution is 2.32. The van der Waals surface area contributed by atoms with Gasteiger partial charge in [0.15, 0.2) is 11.5 Å². The van der Waals surface area contributed by atoms with Gasteiger partial charge in [-0.2, -0.15) is 0 Å². The van der Waals surface area contributed by atoms with Crippen LogP contribution in [0.3, 0.4) is 0 Å². The number of fused-ring (bicyclic) bond motifs is 1. The molecule has 9 nitrogen and oxygen atoms in total. The number of hydrogen-bond donors (Lipinski definition) is 0. The van der Waals surface area contributed by atoms with Gasteiger partial charge in [-0.25, -0.2) is 4.79 Å². The summed E-state index contributed by atoms with van der Waals surface area (Å²) in [5.41, 5.74) is 1.95. The molecule has 0 radical (unpaired) electrons. The number of carbonyl (C=O) groups is 1. The first-order valence-corrected chi connectivity index (χ1v) is 7.98. The van der Waals surface area contributed by atoms with Crippen LogP contribution in [0.4, 0.5) is 5.69 Å². The van der Waals surface area contributed by atoms with Crippen molar-refractivity contribution in [2.75, 3.05) is 13.4 Å². The van der Waals surface area contributed by atoms with Crippen LogP contribution >= 0.6 is 0 Å². The molecular weight excluding hydrogens is 356 g/mol. The highest BCUT2D eigenvalue weighted by Gasteiger charge is 2.14. The summed E-state index contributed by atoms with van der Waals surface area (Å²) in [5.74, 6) is 0.697.